The van der Waals surface area contributed by atoms with E-state index in [0.29, 0.717) is 22.6 Å². The van der Waals surface area contributed by atoms with Crippen LogP contribution in [0.1, 0.15) is 39.0 Å². The topological polar surface area (TPSA) is 101 Å². The molecule has 2 heterocycles. The van der Waals surface area contributed by atoms with Crippen LogP contribution in [0.5, 0.6) is 5.75 Å². The Morgan fingerprint density at radius 2 is 1.63 bits per heavy atom. The highest BCUT2D eigenvalue weighted by molar-refractivity contribution is 6.02. The van der Waals surface area contributed by atoms with E-state index in [1.54, 1.807) is 49.4 Å². The Morgan fingerprint density at radius 1 is 0.971 bits per heavy atom. The highest BCUT2D eigenvalue weighted by Gasteiger charge is 2.25. The summed E-state index contributed by atoms with van der Waals surface area (Å²) >= 11 is 0. The molecule has 0 spiro atoms. The van der Waals surface area contributed by atoms with Crippen LogP contribution in [0, 0.1) is 13.8 Å². The average Bonchev–Trinajstić information content (AvgIpc) is 3.47. The molecule has 0 aliphatic rings. The van der Waals surface area contributed by atoms with Gasteiger partial charge in [-0.15, -0.1) is 5.10 Å². The van der Waals surface area contributed by atoms with Crippen molar-refractivity contribution in [1.29, 1.82) is 0 Å². The number of carbonyl (C=O) groups excluding carboxylic acids is 2. The highest BCUT2D eigenvalue weighted by atomic mass is 19.3. The molecule has 0 saturated heterocycles. The number of alkyl halides is 2. The van der Waals surface area contributed by atoms with E-state index >= 15 is 0 Å². The number of rotatable bonds is 8. The number of nitrogens with zero attached hydrogens (tertiary/aromatic N) is 5. The largest absolute Gasteiger partial charge is 0.451 e. The molecular weight excluding hydrogens is 460 g/mol. The van der Waals surface area contributed by atoms with Gasteiger partial charge in [0.25, 0.3) is 0 Å². The van der Waals surface area contributed by atoms with Crippen molar-refractivity contribution in [3.05, 3.63) is 83.4 Å². The summed E-state index contributed by atoms with van der Waals surface area (Å²) in [7, 11) is 0. The monoisotopic (exact) mass is 481 g/mol. The number of hydrogen-bond donors (Lipinski definition) is 0. The molecule has 0 N–H and O–H groups in total. The number of ether oxygens (including phenoxy) is 2. The van der Waals surface area contributed by atoms with Crippen molar-refractivity contribution in [2.45, 2.75) is 33.5 Å². The summed E-state index contributed by atoms with van der Waals surface area (Å²) in [4.78, 5) is 25.7. The van der Waals surface area contributed by atoms with Crippen molar-refractivity contribution in [2.24, 2.45) is 0 Å². The number of carbonyl (C=O) groups is 2. The van der Waals surface area contributed by atoms with Gasteiger partial charge in [0, 0.05) is 22.6 Å². The highest BCUT2D eigenvalue weighted by Crippen LogP contribution is 2.25. The lowest BCUT2D eigenvalue weighted by molar-refractivity contribution is -0.0498. The summed E-state index contributed by atoms with van der Waals surface area (Å²) in [5.41, 5.74) is 3.39. The van der Waals surface area contributed by atoms with E-state index in [1.807, 2.05) is 11.5 Å². The third-order valence-electron chi connectivity index (χ3n) is 5.39. The van der Waals surface area contributed by atoms with Gasteiger partial charge in [-0.3, -0.25) is 4.79 Å². The predicted octanol–water partition coefficient (Wildman–Crippen LogP) is 4.10. The fourth-order valence-corrected chi connectivity index (χ4v) is 3.72. The van der Waals surface area contributed by atoms with Gasteiger partial charge >= 0.3 is 12.6 Å². The van der Waals surface area contributed by atoms with Gasteiger partial charge in [0.05, 0.1) is 11.3 Å². The number of Topliss-reactive ketones (excluding diaryl/α,β-unsaturated/α-hetero) is 1. The number of benzene rings is 2. The predicted molar refractivity (Wildman–Crippen MR) is 120 cm³/mol. The van der Waals surface area contributed by atoms with Crippen LogP contribution in [0.25, 0.3) is 11.4 Å². The van der Waals surface area contributed by atoms with Crippen molar-refractivity contribution < 1.29 is 27.8 Å². The third-order valence-corrected chi connectivity index (χ3v) is 5.39. The molecule has 180 valence electrons. The zero-order valence-corrected chi connectivity index (χ0v) is 19.1. The summed E-state index contributed by atoms with van der Waals surface area (Å²) < 4.78 is 37.9. The maximum atomic E-state index is 13.1. The standard InChI is InChI=1S/C24H21F2N5O4/c1-14-12-21(15(2)31(14)19-8-10-20(11-9-19)35-24(25)26)22(32)16(3)34-23(33)17-4-6-18(7-5-17)30-13-27-28-29-30/h4-13,16,24H,1-3H3. The molecule has 0 saturated carbocycles. The molecule has 0 bridgehead atoms. The van der Waals surface area contributed by atoms with Gasteiger partial charge in [-0.25, -0.2) is 9.48 Å². The molecule has 0 fully saturated rings. The number of hydrogen-bond acceptors (Lipinski definition) is 7. The maximum Gasteiger partial charge on any atom is 0.387 e. The van der Waals surface area contributed by atoms with E-state index in [4.69, 9.17) is 4.74 Å². The van der Waals surface area contributed by atoms with Gasteiger partial charge in [-0.1, -0.05) is 0 Å². The average molecular weight is 481 g/mol. The van der Waals surface area contributed by atoms with Crippen LogP contribution in [0.4, 0.5) is 8.78 Å². The van der Waals surface area contributed by atoms with Crippen LogP contribution < -0.4 is 4.74 Å². The molecule has 9 nitrogen and oxygen atoms in total. The first kappa shape index (κ1) is 23.7. The van der Waals surface area contributed by atoms with Crippen LogP contribution in [0.15, 0.2) is 60.9 Å². The molecule has 35 heavy (non-hydrogen) atoms. The van der Waals surface area contributed by atoms with E-state index < -0.39 is 18.7 Å². The van der Waals surface area contributed by atoms with Gasteiger partial charge in [0.15, 0.2) is 6.10 Å². The number of halogens is 2. The molecule has 4 rings (SSSR count). The van der Waals surface area contributed by atoms with Gasteiger partial charge in [-0.2, -0.15) is 8.78 Å². The summed E-state index contributed by atoms with van der Waals surface area (Å²) in [5.74, 6) is -0.966. The SMILES string of the molecule is Cc1cc(C(=O)C(C)OC(=O)c2ccc(-n3cnnn3)cc2)c(C)n1-c1ccc(OC(F)F)cc1. The van der Waals surface area contributed by atoms with Crippen molar-refractivity contribution in [3.8, 4) is 17.1 Å². The molecule has 4 aromatic rings. The number of aryl methyl sites for hydroxylation is 1. The van der Waals surface area contributed by atoms with Gasteiger partial charge in [0.2, 0.25) is 5.78 Å². The van der Waals surface area contributed by atoms with Crippen molar-refractivity contribution >= 4 is 11.8 Å². The lowest BCUT2D eigenvalue weighted by Crippen LogP contribution is -2.25. The minimum atomic E-state index is -2.91. The minimum Gasteiger partial charge on any atom is -0.451 e. The molecule has 2 aromatic carbocycles. The second-order valence-corrected chi connectivity index (χ2v) is 7.71. The second-order valence-electron chi connectivity index (χ2n) is 7.71. The third kappa shape index (κ3) is 5.08. The zero-order chi connectivity index (χ0) is 25.1. The van der Waals surface area contributed by atoms with Crippen molar-refractivity contribution in [1.82, 2.24) is 24.8 Å². The van der Waals surface area contributed by atoms with E-state index in [1.165, 1.54) is 30.1 Å². The lowest BCUT2D eigenvalue weighted by Gasteiger charge is -2.14. The first-order chi connectivity index (χ1) is 16.7. The Labute approximate surface area is 198 Å². The van der Waals surface area contributed by atoms with Crippen LogP contribution in [0.3, 0.4) is 0 Å². The van der Waals surface area contributed by atoms with Crippen molar-refractivity contribution in [2.75, 3.05) is 0 Å². The first-order valence-electron chi connectivity index (χ1n) is 10.6. The number of esters is 1. The van der Waals surface area contributed by atoms with Gasteiger partial charge in [-0.05, 0) is 85.8 Å². The van der Waals surface area contributed by atoms with Crippen LogP contribution in [-0.4, -0.2) is 49.2 Å². The molecule has 0 radical (unpaired) electrons. The van der Waals surface area contributed by atoms with E-state index in [2.05, 4.69) is 20.3 Å². The summed E-state index contributed by atoms with van der Waals surface area (Å²) in [6.07, 6.45) is 0.397. The van der Waals surface area contributed by atoms with E-state index in [0.717, 1.165) is 5.69 Å². The number of aromatic nitrogens is 5. The number of tetrazole rings is 1. The normalized spacial score (nSPS) is 11.9. The summed E-state index contributed by atoms with van der Waals surface area (Å²) in [6.45, 7) is 2.18. The Bertz CT molecular complexity index is 1330. The molecule has 0 aliphatic heterocycles. The number of ketones is 1. The smallest absolute Gasteiger partial charge is 0.387 e. The quantitative estimate of drug-likeness (QED) is 0.276. The van der Waals surface area contributed by atoms with E-state index in [9.17, 15) is 18.4 Å². The van der Waals surface area contributed by atoms with Gasteiger partial charge in [0.1, 0.15) is 12.1 Å². The molecule has 1 atom stereocenters. The molecule has 0 aliphatic carbocycles. The molecule has 2 aromatic heterocycles. The minimum absolute atomic E-state index is 0.0361. The maximum absolute atomic E-state index is 13.1. The van der Waals surface area contributed by atoms with Crippen LogP contribution in [-0.2, 0) is 4.74 Å². The zero-order valence-electron chi connectivity index (χ0n) is 19.1. The Hall–Kier alpha value is -4.41. The Balaban J connectivity index is 1.47. The molecule has 1 unspecified atom stereocenters. The fraction of sp³-hybridized carbons (Fsp3) is 0.208. The van der Waals surface area contributed by atoms with Crippen LogP contribution in [0.2, 0.25) is 0 Å². The Kier molecular flexibility index (Phi) is 6.67. The summed E-state index contributed by atoms with van der Waals surface area (Å²) in [6, 6.07) is 14.2. The van der Waals surface area contributed by atoms with Crippen LogP contribution >= 0.6 is 0 Å². The van der Waals surface area contributed by atoms with Gasteiger partial charge < -0.3 is 14.0 Å². The van der Waals surface area contributed by atoms with E-state index in [-0.39, 0.29) is 17.1 Å². The fourth-order valence-electron chi connectivity index (χ4n) is 3.72. The van der Waals surface area contributed by atoms with Crippen molar-refractivity contribution in [3.63, 3.8) is 0 Å². The Morgan fingerprint density at radius 3 is 2.23 bits per heavy atom. The molecule has 0 amide bonds. The summed E-state index contributed by atoms with van der Waals surface area (Å²) in [5, 5.41) is 10.9. The molecular formula is C24H21F2N5O4. The molecule has 11 heteroatoms. The lowest BCUT2D eigenvalue weighted by atomic mass is 10.1. The second kappa shape index (κ2) is 9.84. The first-order valence-corrected chi connectivity index (χ1v) is 10.6.